The third-order valence-corrected chi connectivity index (χ3v) is 4.08. The molecule has 0 bridgehead atoms. The highest BCUT2D eigenvalue weighted by molar-refractivity contribution is 14.1. The maximum Gasteiger partial charge on any atom is 0.230 e. The SMILES string of the molecule is CC1(C(=O)Nc2ccc(I)cc2)CCNCC1.Cl. The fourth-order valence-electron chi connectivity index (χ4n) is 2.02. The van der Waals surface area contributed by atoms with Gasteiger partial charge < -0.3 is 10.6 Å². The van der Waals surface area contributed by atoms with Crippen LogP contribution in [-0.2, 0) is 4.79 Å². The summed E-state index contributed by atoms with van der Waals surface area (Å²) in [5, 5.41) is 6.29. The molecule has 1 fully saturated rings. The molecule has 0 spiro atoms. The lowest BCUT2D eigenvalue weighted by molar-refractivity contribution is -0.126. The van der Waals surface area contributed by atoms with E-state index in [1.54, 1.807) is 0 Å². The number of hydrogen-bond donors (Lipinski definition) is 2. The van der Waals surface area contributed by atoms with E-state index in [1.165, 1.54) is 3.57 Å². The standard InChI is InChI=1S/C13H17IN2O.ClH/c1-13(6-8-15-9-7-13)12(17)16-11-4-2-10(14)3-5-11;/h2-5,15H,6-9H2,1H3,(H,16,17);1H. The van der Waals surface area contributed by atoms with Crippen molar-refractivity contribution >= 4 is 46.6 Å². The molecule has 1 aromatic carbocycles. The molecule has 1 amide bonds. The first kappa shape index (κ1) is 15.7. The van der Waals surface area contributed by atoms with Crippen molar-refractivity contribution in [3.63, 3.8) is 0 Å². The van der Waals surface area contributed by atoms with Gasteiger partial charge in [-0.2, -0.15) is 0 Å². The number of piperidine rings is 1. The highest BCUT2D eigenvalue weighted by atomic mass is 127. The van der Waals surface area contributed by atoms with Gasteiger partial charge in [0.1, 0.15) is 0 Å². The maximum atomic E-state index is 12.2. The average molecular weight is 381 g/mol. The van der Waals surface area contributed by atoms with Crippen LogP contribution in [0, 0.1) is 8.99 Å². The molecule has 2 N–H and O–H groups in total. The van der Waals surface area contributed by atoms with E-state index in [1.807, 2.05) is 24.3 Å². The number of hydrogen-bond acceptors (Lipinski definition) is 2. The molecule has 0 saturated carbocycles. The average Bonchev–Trinajstić information content (AvgIpc) is 2.33. The fourth-order valence-corrected chi connectivity index (χ4v) is 2.38. The van der Waals surface area contributed by atoms with Crippen molar-refractivity contribution in [2.75, 3.05) is 18.4 Å². The molecule has 1 aliphatic rings. The molecule has 2 rings (SSSR count). The van der Waals surface area contributed by atoms with Crippen LogP contribution in [0.3, 0.4) is 0 Å². The third kappa shape index (κ3) is 3.83. The number of halogens is 2. The van der Waals surface area contributed by atoms with Gasteiger partial charge in [-0.1, -0.05) is 6.92 Å². The molecular formula is C13H18ClIN2O. The van der Waals surface area contributed by atoms with Gasteiger partial charge in [0.25, 0.3) is 0 Å². The fraction of sp³-hybridized carbons (Fsp3) is 0.462. The molecule has 18 heavy (non-hydrogen) atoms. The highest BCUT2D eigenvalue weighted by Crippen LogP contribution is 2.29. The summed E-state index contributed by atoms with van der Waals surface area (Å²) in [5.74, 6) is 0.139. The summed E-state index contributed by atoms with van der Waals surface area (Å²) in [6.45, 7) is 3.91. The van der Waals surface area contributed by atoms with Crippen LogP contribution < -0.4 is 10.6 Å². The zero-order valence-electron chi connectivity index (χ0n) is 10.3. The van der Waals surface area contributed by atoms with Crippen molar-refractivity contribution in [1.29, 1.82) is 0 Å². The van der Waals surface area contributed by atoms with Crippen LogP contribution in [0.25, 0.3) is 0 Å². The number of carbonyl (C=O) groups excluding carboxylic acids is 1. The molecule has 1 heterocycles. The monoisotopic (exact) mass is 380 g/mol. The minimum atomic E-state index is -0.228. The third-order valence-electron chi connectivity index (χ3n) is 3.36. The lowest BCUT2D eigenvalue weighted by atomic mass is 9.80. The number of anilines is 1. The van der Waals surface area contributed by atoms with Crippen LogP contribution in [0.2, 0.25) is 0 Å². The summed E-state index contributed by atoms with van der Waals surface area (Å²) < 4.78 is 1.17. The van der Waals surface area contributed by atoms with E-state index in [4.69, 9.17) is 0 Å². The minimum Gasteiger partial charge on any atom is -0.326 e. The Morgan fingerprint density at radius 2 is 1.83 bits per heavy atom. The second kappa shape index (κ2) is 6.73. The van der Waals surface area contributed by atoms with Gasteiger partial charge in [-0.05, 0) is 72.8 Å². The summed E-state index contributed by atoms with van der Waals surface area (Å²) in [4.78, 5) is 12.2. The molecule has 0 aromatic heterocycles. The first-order chi connectivity index (χ1) is 8.10. The summed E-state index contributed by atoms with van der Waals surface area (Å²) in [5.41, 5.74) is 0.656. The van der Waals surface area contributed by atoms with Crippen molar-refractivity contribution in [2.24, 2.45) is 5.41 Å². The van der Waals surface area contributed by atoms with E-state index in [9.17, 15) is 4.79 Å². The van der Waals surface area contributed by atoms with E-state index >= 15 is 0 Å². The molecule has 5 heteroatoms. The van der Waals surface area contributed by atoms with E-state index < -0.39 is 0 Å². The van der Waals surface area contributed by atoms with E-state index in [0.717, 1.165) is 31.6 Å². The van der Waals surface area contributed by atoms with Gasteiger partial charge in [0.15, 0.2) is 0 Å². The van der Waals surface area contributed by atoms with Crippen LogP contribution in [0.5, 0.6) is 0 Å². The van der Waals surface area contributed by atoms with Crippen molar-refractivity contribution in [3.8, 4) is 0 Å². The Balaban J connectivity index is 0.00000162. The Hall–Kier alpha value is -0.330. The molecule has 0 atom stereocenters. The molecular weight excluding hydrogens is 363 g/mol. The lowest BCUT2D eigenvalue weighted by Crippen LogP contribution is -2.42. The second-order valence-corrected chi connectivity index (χ2v) is 6.02. The summed E-state index contributed by atoms with van der Waals surface area (Å²) in [6, 6.07) is 7.90. The molecule has 1 saturated heterocycles. The Labute approximate surface area is 128 Å². The number of benzene rings is 1. The van der Waals surface area contributed by atoms with Gasteiger partial charge in [0.05, 0.1) is 0 Å². The normalized spacial score (nSPS) is 17.7. The summed E-state index contributed by atoms with van der Waals surface area (Å²) in [6.07, 6.45) is 1.81. The molecule has 1 aromatic rings. The van der Waals surface area contributed by atoms with Gasteiger partial charge in [-0.15, -0.1) is 12.4 Å². The van der Waals surface area contributed by atoms with Crippen LogP contribution in [0.15, 0.2) is 24.3 Å². The van der Waals surface area contributed by atoms with Crippen molar-refractivity contribution in [3.05, 3.63) is 27.8 Å². The molecule has 100 valence electrons. The highest BCUT2D eigenvalue weighted by Gasteiger charge is 2.34. The molecule has 1 aliphatic heterocycles. The van der Waals surface area contributed by atoms with Gasteiger partial charge in [-0.3, -0.25) is 4.79 Å². The zero-order chi connectivity index (χ0) is 12.3. The van der Waals surface area contributed by atoms with Crippen LogP contribution >= 0.6 is 35.0 Å². The van der Waals surface area contributed by atoms with Crippen LogP contribution in [0.1, 0.15) is 19.8 Å². The lowest BCUT2D eigenvalue weighted by Gasteiger charge is -2.32. The Morgan fingerprint density at radius 1 is 1.28 bits per heavy atom. The van der Waals surface area contributed by atoms with E-state index in [0.29, 0.717) is 0 Å². The van der Waals surface area contributed by atoms with Crippen molar-refractivity contribution < 1.29 is 4.79 Å². The van der Waals surface area contributed by atoms with Gasteiger partial charge in [-0.25, -0.2) is 0 Å². The predicted molar refractivity (Wildman–Crippen MR) is 85.2 cm³/mol. The zero-order valence-corrected chi connectivity index (χ0v) is 13.3. The summed E-state index contributed by atoms with van der Waals surface area (Å²) >= 11 is 2.26. The molecule has 0 unspecified atom stereocenters. The topological polar surface area (TPSA) is 41.1 Å². The predicted octanol–water partition coefficient (Wildman–Crippen LogP) is 3.04. The van der Waals surface area contributed by atoms with E-state index in [2.05, 4.69) is 40.1 Å². The van der Waals surface area contributed by atoms with Crippen LogP contribution in [0.4, 0.5) is 5.69 Å². The van der Waals surface area contributed by atoms with E-state index in [-0.39, 0.29) is 23.7 Å². The number of rotatable bonds is 2. The maximum absolute atomic E-state index is 12.2. The largest absolute Gasteiger partial charge is 0.326 e. The van der Waals surface area contributed by atoms with Crippen LogP contribution in [-0.4, -0.2) is 19.0 Å². The smallest absolute Gasteiger partial charge is 0.230 e. The van der Waals surface area contributed by atoms with Gasteiger partial charge in [0, 0.05) is 14.7 Å². The summed E-state index contributed by atoms with van der Waals surface area (Å²) in [7, 11) is 0. The Bertz CT molecular complexity index is 402. The van der Waals surface area contributed by atoms with Crippen molar-refractivity contribution in [2.45, 2.75) is 19.8 Å². The molecule has 3 nitrogen and oxygen atoms in total. The first-order valence-corrected chi connectivity index (χ1v) is 6.96. The number of carbonyl (C=O) groups is 1. The minimum absolute atomic E-state index is 0. The quantitative estimate of drug-likeness (QED) is 0.774. The van der Waals surface area contributed by atoms with Gasteiger partial charge >= 0.3 is 0 Å². The van der Waals surface area contributed by atoms with Crippen molar-refractivity contribution in [1.82, 2.24) is 5.32 Å². The number of amides is 1. The Morgan fingerprint density at radius 3 is 2.39 bits per heavy atom. The molecule has 0 radical (unpaired) electrons. The van der Waals surface area contributed by atoms with Gasteiger partial charge in [0.2, 0.25) is 5.91 Å². The Kier molecular flexibility index (Phi) is 5.88. The second-order valence-electron chi connectivity index (χ2n) is 4.77. The molecule has 0 aliphatic carbocycles. The number of nitrogens with one attached hydrogen (secondary N) is 2. The first-order valence-electron chi connectivity index (χ1n) is 5.88.